The van der Waals surface area contributed by atoms with Crippen LogP contribution in [0.5, 0.6) is 0 Å². The summed E-state index contributed by atoms with van der Waals surface area (Å²) < 4.78 is 1.50. The molecule has 0 bridgehead atoms. The molecule has 2 aromatic heterocycles. The number of β-amino-alcohol motifs (C(OH)–C–C–N with tert-alkyl or cyclic N) is 1. The fourth-order valence-corrected chi connectivity index (χ4v) is 4.53. The zero-order chi connectivity index (χ0) is 20.7. The second-order valence-corrected chi connectivity index (χ2v) is 8.20. The number of H-pyrrole nitrogens is 1. The minimum absolute atomic E-state index is 0.0494. The van der Waals surface area contributed by atoms with Crippen molar-refractivity contribution in [1.29, 1.82) is 0 Å². The summed E-state index contributed by atoms with van der Waals surface area (Å²) in [4.78, 5) is 32.8. The van der Waals surface area contributed by atoms with Crippen LogP contribution in [0, 0.1) is 0 Å². The summed E-state index contributed by atoms with van der Waals surface area (Å²) in [5.74, 6) is -0.0494. The third kappa shape index (κ3) is 3.47. The summed E-state index contributed by atoms with van der Waals surface area (Å²) in [6.07, 6.45) is 3.68. The lowest BCUT2D eigenvalue weighted by atomic mass is 10.1. The van der Waals surface area contributed by atoms with Crippen molar-refractivity contribution < 1.29 is 9.90 Å². The molecule has 2 aliphatic rings. The van der Waals surface area contributed by atoms with Crippen molar-refractivity contribution in [3.8, 4) is 0 Å². The Morgan fingerprint density at radius 3 is 2.77 bits per heavy atom. The van der Waals surface area contributed by atoms with Crippen molar-refractivity contribution in [2.45, 2.75) is 31.4 Å². The van der Waals surface area contributed by atoms with Gasteiger partial charge in [0.15, 0.2) is 0 Å². The average molecular weight is 407 g/mol. The highest BCUT2D eigenvalue weighted by Crippen LogP contribution is 2.24. The number of hydrogen-bond donors (Lipinski definition) is 2. The maximum absolute atomic E-state index is 13.0. The lowest BCUT2D eigenvalue weighted by molar-refractivity contribution is 0.0665. The highest BCUT2D eigenvalue weighted by molar-refractivity contribution is 5.98. The third-order valence-corrected chi connectivity index (χ3v) is 6.13. The van der Waals surface area contributed by atoms with E-state index >= 15 is 0 Å². The molecule has 0 saturated carbocycles. The number of amides is 1. The highest BCUT2D eigenvalue weighted by atomic mass is 16.3. The zero-order valence-electron chi connectivity index (χ0n) is 16.7. The Morgan fingerprint density at radius 1 is 1.13 bits per heavy atom. The summed E-state index contributed by atoms with van der Waals surface area (Å²) in [6.45, 7) is 2.38. The second kappa shape index (κ2) is 7.60. The van der Waals surface area contributed by atoms with Crippen molar-refractivity contribution in [3.05, 3.63) is 58.6 Å². The minimum Gasteiger partial charge on any atom is -0.391 e. The number of nitrogens with one attached hydrogen (secondary N) is 1. The zero-order valence-corrected chi connectivity index (χ0v) is 16.7. The van der Waals surface area contributed by atoms with Gasteiger partial charge < -0.3 is 19.9 Å². The van der Waals surface area contributed by atoms with Crippen molar-refractivity contribution in [2.24, 2.45) is 0 Å². The van der Waals surface area contributed by atoms with Crippen molar-refractivity contribution >= 4 is 22.5 Å². The number of carbonyl (C=O) groups excluding carboxylic acids is 1. The SMILES string of the molecule is O=C(c1cc2ccccc2[nH]1)N1CCC[C@@H](n2ncc(N3CC[C@H](O)C3)cc2=O)C1. The van der Waals surface area contributed by atoms with Crippen LogP contribution in [-0.4, -0.2) is 63.0 Å². The number of fused-ring (bicyclic) bond motifs is 1. The molecule has 2 saturated heterocycles. The van der Waals surface area contributed by atoms with Gasteiger partial charge in [0.25, 0.3) is 11.5 Å². The number of benzene rings is 1. The molecule has 8 nitrogen and oxygen atoms in total. The van der Waals surface area contributed by atoms with Gasteiger partial charge in [0.2, 0.25) is 0 Å². The van der Waals surface area contributed by atoms with Gasteiger partial charge in [0, 0.05) is 43.1 Å². The van der Waals surface area contributed by atoms with Crippen LogP contribution in [0.25, 0.3) is 10.9 Å². The van der Waals surface area contributed by atoms with E-state index in [1.54, 1.807) is 17.2 Å². The predicted octanol–water partition coefficient (Wildman–Crippen LogP) is 1.77. The molecule has 4 heterocycles. The van der Waals surface area contributed by atoms with E-state index in [0.717, 1.165) is 36.0 Å². The van der Waals surface area contributed by atoms with Crippen molar-refractivity contribution in [3.63, 3.8) is 0 Å². The van der Waals surface area contributed by atoms with Crippen LogP contribution in [0.4, 0.5) is 5.69 Å². The average Bonchev–Trinajstić information content (AvgIpc) is 3.39. The van der Waals surface area contributed by atoms with E-state index in [0.29, 0.717) is 31.7 Å². The summed E-state index contributed by atoms with van der Waals surface area (Å²) in [5.41, 5.74) is 2.09. The Labute approximate surface area is 173 Å². The molecule has 0 unspecified atom stereocenters. The van der Waals surface area contributed by atoms with Crippen LogP contribution in [0.2, 0.25) is 0 Å². The topological polar surface area (TPSA) is 94.5 Å². The molecule has 1 aromatic carbocycles. The van der Waals surface area contributed by atoms with Gasteiger partial charge in [-0.15, -0.1) is 0 Å². The number of hydrogen-bond acceptors (Lipinski definition) is 5. The number of aromatic nitrogens is 3. The Morgan fingerprint density at radius 2 is 2.00 bits per heavy atom. The first kappa shape index (κ1) is 18.9. The Bertz CT molecular complexity index is 1100. The van der Waals surface area contributed by atoms with Gasteiger partial charge in [-0.2, -0.15) is 5.10 Å². The molecule has 0 spiro atoms. The van der Waals surface area contributed by atoms with Crippen LogP contribution in [0.1, 0.15) is 35.8 Å². The van der Waals surface area contributed by atoms with E-state index in [1.165, 1.54) is 4.68 Å². The summed E-state index contributed by atoms with van der Waals surface area (Å²) in [5, 5.41) is 15.1. The molecular weight excluding hydrogens is 382 g/mol. The predicted molar refractivity (Wildman–Crippen MR) is 114 cm³/mol. The van der Waals surface area contributed by atoms with Crippen molar-refractivity contribution in [2.75, 3.05) is 31.1 Å². The quantitative estimate of drug-likeness (QED) is 0.690. The maximum Gasteiger partial charge on any atom is 0.270 e. The highest BCUT2D eigenvalue weighted by Gasteiger charge is 2.28. The molecule has 0 aliphatic carbocycles. The number of aliphatic hydroxyl groups is 1. The van der Waals surface area contributed by atoms with Gasteiger partial charge in [0.1, 0.15) is 5.69 Å². The van der Waals surface area contributed by atoms with E-state index < -0.39 is 0 Å². The fourth-order valence-electron chi connectivity index (χ4n) is 4.53. The van der Waals surface area contributed by atoms with E-state index in [9.17, 15) is 14.7 Å². The lowest BCUT2D eigenvalue weighted by Gasteiger charge is -2.33. The molecule has 5 rings (SSSR count). The summed E-state index contributed by atoms with van der Waals surface area (Å²) in [7, 11) is 0. The number of rotatable bonds is 3. The molecule has 2 fully saturated rings. The van der Waals surface area contributed by atoms with E-state index in [2.05, 4.69) is 10.1 Å². The number of aromatic amines is 1. The van der Waals surface area contributed by atoms with E-state index in [4.69, 9.17) is 0 Å². The molecule has 2 N–H and O–H groups in total. The molecule has 2 atom stereocenters. The number of nitrogens with zero attached hydrogens (tertiary/aromatic N) is 4. The largest absolute Gasteiger partial charge is 0.391 e. The summed E-state index contributed by atoms with van der Waals surface area (Å²) >= 11 is 0. The number of para-hydroxylation sites is 1. The van der Waals surface area contributed by atoms with Crippen LogP contribution in [0.3, 0.4) is 0 Å². The molecule has 2 aliphatic heterocycles. The number of carbonyl (C=O) groups is 1. The minimum atomic E-state index is -0.352. The van der Waals surface area contributed by atoms with Crippen LogP contribution in [0.15, 0.2) is 47.4 Å². The molecule has 8 heteroatoms. The first-order valence-electron chi connectivity index (χ1n) is 10.5. The molecule has 1 amide bonds. The van der Waals surface area contributed by atoms with Crippen molar-refractivity contribution in [1.82, 2.24) is 19.7 Å². The standard InChI is InChI=1S/C22H25N5O3/c28-18-7-9-25(14-18)17-11-21(29)27(23-12-17)16-5-3-8-26(13-16)22(30)20-10-15-4-1-2-6-19(15)24-20/h1-2,4,6,10-12,16,18,24,28H,3,5,7-9,13-14H2/t16-,18+/m1/s1. The van der Waals surface area contributed by atoms with E-state index in [-0.39, 0.29) is 23.6 Å². The third-order valence-electron chi connectivity index (χ3n) is 6.13. The van der Waals surface area contributed by atoms with Crippen LogP contribution in [-0.2, 0) is 0 Å². The number of anilines is 1. The maximum atomic E-state index is 13.0. The van der Waals surface area contributed by atoms with E-state index in [1.807, 2.05) is 35.2 Å². The monoisotopic (exact) mass is 407 g/mol. The number of piperidine rings is 1. The first-order chi connectivity index (χ1) is 14.6. The van der Waals surface area contributed by atoms with Gasteiger partial charge in [-0.25, -0.2) is 4.68 Å². The second-order valence-electron chi connectivity index (χ2n) is 8.20. The van der Waals surface area contributed by atoms with Gasteiger partial charge in [-0.3, -0.25) is 9.59 Å². The molecule has 156 valence electrons. The Kier molecular flexibility index (Phi) is 4.78. The number of aliphatic hydroxyl groups excluding tert-OH is 1. The van der Waals surface area contributed by atoms with Gasteiger partial charge in [-0.05, 0) is 31.4 Å². The molecule has 3 aromatic rings. The smallest absolute Gasteiger partial charge is 0.270 e. The Balaban J connectivity index is 1.33. The lowest BCUT2D eigenvalue weighted by Crippen LogP contribution is -2.43. The molecular formula is C22H25N5O3. The first-order valence-corrected chi connectivity index (χ1v) is 10.5. The van der Waals surface area contributed by atoms with Crippen LogP contribution >= 0.6 is 0 Å². The normalized spacial score (nSPS) is 22.0. The summed E-state index contributed by atoms with van der Waals surface area (Å²) in [6, 6.07) is 11.1. The molecule has 0 radical (unpaired) electrons. The number of likely N-dealkylation sites (tertiary alicyclic amines) is 1. The fraction of sp³-hybridized carbons (Fsp3) is 0.409. The van der Waals surface area contributed by atoms with Gasteiger partial charge in [-0.1, -0.05) is 18.2 Å². The van der Waals surface area contributed by atoms with Gasteiger partial charge in [0.05, 0.1) is 24.0 Å². The van der Waals surface area contributed by atoms with Crippen LogP contribution < -0.4 is 10.5 Å². The molecule has 30 heavy (non-hydrogen) atoms. The Hall–Kier alpha value is -3.13. The van der Waals surface area contributed by atoms with Gasteiger partial charge >= 0.3 is 0 Å².